The molecule has 0 aliphatic heterocycles. The van der Waals surface area contributed by atoms with Gasteiger partial charge >= 0.3 is 0 Å². The molecule has 6 nitrogen and oxygen atoms in total. The minimum Gasteiger partial charge on any atom is -0.364 e. The average molecular weight is 140 g/mol. The van der Waals surface area contributed by atoms with Crippen LogP contribution in [0.1, 0.15) is 10.5 Å². The Morgan fingerprint density at radius 3 is 2.80 bits per heavy atom. The fraction of sp³-hybridized carbons (Fsp3) is 0. The second kappa shape index (κ2) is 2.26. The molecule has 0 aliphatic rings. The molecule has 10 heavy (non-hydrogen) atoms. The number of primary amides is 1. The maximum absolute atomic E-state index is 10.6. The van der Waals surface area contributed by atoms with Crippen molar-refractivity contribution in [3.8, 4) is 0 Å². The van der Waals surface area contributed by atoms with Crippen LogP contribution in [0.3, 0.4) is 0 Å². The highest BCUT2D eigenvalue weighted by Gasteiger charge is 2.05. The van der Waals surface area contributed by atoms with Crippen molar-refractivity contribution in [2.45, 2.75) is 0 Å². The number of hydrogen-bond donors (Lipinski definition) is 2. The third-order valence-electron chi connectivity index (χ3n) is 0.860. The van der Waals surface area contributed by atoms with E-state index >= 15 is 0 Å². The summed E-state index contributed by atoms with van der Waals surface area (Å²) in [4.78, 5) is 23.1. The number of carbonyl (C=O) groups excluding carboxylic acids is 1. The van der Waals surface area contributed by atoms with Gasteiger partial charge in [-0.25, -0.2) is 0 Å². The lowest BCUT2D eigenvalue weighted by Gasteiger charge is -1.87. The van der Waals surface area contributed by atoms with Gasteiger partial charge in [0.1, 0.15) is 6.33 Å². The van der Waals surface area contributed by atoms with Crippen molar-refractivity contribution in [1.29, 1.82) is 0 Å². The predicted molar refractivity (Wildman–Crippen MR) is 31.2 cm³/mol. The van der Waals surface area contributed by atoms with Gasteiger partial charge in [0, 0.05) is 0 Å². The maximum atomic E-state index is 10.6. The second-order valence-corrected chi connectivity index (χ2v) is 1.53. The van der Waals surface area contributed by atoms with Gasteiger partial charge in [0.25, 0.3) is 11.5 Å². The molecule has 0 unspecified atom stereocenters. The number of hydrogen-bond acceptors (Lipinski definition) is 4. The minimum atomic E-state index is -0.880. The molecule has 0 saturated carbocycles. The Kier molecular flexibility index (Phi) is 1.44. The van der Waals surface area contributed by atoms with Crippen LogP contribution >= 0.6 is 0 Å². The lowest BCUT2D eigenvalue weighted by atomic mass is 10.4. The van der Waals surface area contributed by atoms with Crippen molar-refractivity contribution in [3.05, 3.63) is 22.4 Å². The highest BCUT2D eigenvalue weighted by molar-refractivity contribution is 5.90. The summed E-state index contributed by atoms with van der Waals surface area (Å²) < 4.78 is 0. The second-order valence-electron chi connectivity index (χ2n) is 1.53. The Bertz CT molecular complexity index is 304. The van der Waals surface area contributed by atoms with E-state index in [1.807, 2.05) is 0 Å². The number of carbonyl (C=O) groups is 1. The van der Waals surface area contributed by atoms with Crippen LogP contribution in [0.15, 0.2) is 11.1 Å². The fourth-order valence-electron chi connectivity index (χ4n) is 0.449. The van der Waals surface area contributed by atoms with Crippen molar-refractivity contribution >= 4 is 5.91 Å². The molecule has 3 N–H and O–H groups in total. The zero-order chi connectivity index (χ0) is 7.56. The van der Waals surface area contributed by atoms with Gasteiger partial charge in [-0.15, -0.1) is 10.2 Å². The lowest BCUT2D eigenvalue weighted by Crippen LogP contribution is -2.25. The van der Waals surface area contributed by atoms with Gasteiger partial charge in [-0.1, -0.05) is 0 Å². The van der Waals surface area contributed by atoms with Gasteiger partial charge in [-0.2, -0.15) is 0 Å². The molecule has 1 rings (SSSR count). The predicted octanol–water partition coefficient (Wildman–Crippen LogP) is -1.74. The number of nitrogens with one attached hydrogen (secondary N) is 1. The number of amides is 1. The number of rotatable bonds is 1. The summed E-state index contributed by atoms with van der Waals surface area (Å²) in [7, 11) is 0. The van der Waals surface area contributed by atoms with E-state index in [9.17, 15) is 9.59 Å². The summed E-state index contributed by atoms with van der Waals surface area (Å²) in [5.74, 6) is -0.880. The van der Waals surface area contributed by atoms with Crippen LogP contribution in [0.5, 0.6) is 0 Å². The Morgan fingerprint density at radius 1 is 1.70 bits per heavy atom. The third-order valence-corrected chi connectivity index (χ3v) is 0.860. The van der Waals surface area contributed by atoms with E-state index in [0.717, 1.165) is 6.33 Å². The zero-order valence-electron chi connectivity index (χ0n) is 4.87. The van der Waals surface area contributed by atoms with Crippen molar-refractivity contribution in [1.82, 2.24) is 15.2 Å². The summed E-state index contributed by atoms with van der Waals surface area (Å²) >= 11 is 0. The molecule has 1 heterocycles. The fourth-order valence-corrected chi connectivity index (χ4v) is 0.449. The van der Waals surface area contributed by atoms with Crippen LogP contribution in [-0.4, -0.2) is 21.1 Å². The van der Waals surface area contributed by atoms with Gasteiger partial charge < -0.3 is 10.7 Å². The molecule has 0 aliphatic carbocycles. The van der Waals surface area contributed by atoms with Crippen LogP contribution in [0, 0.1) is 0 Å². The number of H-pyrrole nitrogens is 1. The number of aromatic amines is 1. The van der Waals surface area contributed by atoms with Gasteiger partial charge in [0.2, 0.25) is 5.69 Å². The van der Waals surface area contributed by atoms with E-state index in [-0.39, 0.29) is 5.69 Å². The largest absolute Gasteiger partial charge is 0.364 e. The summed E-state index contributed by atoms with van der Waals surface area (Å²) in [5.41, 5.74) is 3.76. The van der Waals surface area contributed by atoms with Crippen LogP contribution in [-0.2, 0) is 0 Å². The SMILES string of the molecule is NC(=O)c1nnc[nH]c1=O. The first-order valence-electron chi connectivity index (χ1n) is 2.42. The quantitative estimate of drug-likeness (QED) is 0.483. The monoisotopic (exact) mass is 140 g/mol. The van der Waals surface area contributed by atoms with Crippen molar-refractivity contribution in [2.24, 2.45) is 5.73 Å². The standard InChI is InChI=1S/C4H4N4O2/c5-3(9)2-4(10)6-1-7-8-2/h1H,(H2,5,9)(H,6,7,10). The number of aromatic nitrogens is 3. The van der Waals surface area contributed by atoms with Crippen LogP contribution < -0.4 is 11.3 Å². The van der Waals surface area contributed by atoms with Crippen molar-refractivity contribution < 1.29 is 4.79 Å². The molecule has 6 heteroatoms. The van der Waals surface area contributed by atoms with Gasteiger partial charge in [0.15, 0.2) is 0 Å². The smallest absolute Gasteiger partial charge is 0.282 e. The molecule has 0 bridgehead atoms. The highest BCUT2D eigenvalue weighted by atomic mass is 16.2. The molecule has 52 valence electrons. The zero-order valence-corrected chi connectivity index (χ0v) is 4.87. The first kappa shape index (κ1) is 6.40. The molecule has 0 atom stereocenters. The molecule has 0 saturated heterocycles. The Hall–Kier alpha value is -1.72. The molecular weight excluding hydrogens is 136 g/mol. The normalized spacial score (nSPS) is 9.20. The van der Waals surface area contributed by atoms with E-state index in [1.165, 1.54) is 0 Å². The molecule has 1 aromatic rings. The minimum absolute atomic E-state index is 0.373. The Labute approximate surface area is 55.1 Å². The molecule has 0 fully saturated rings. The summed E-state index contributed by atoms with van der Waals surface area (Å²) in [6, 6.07) is 0. The van der Waals surface area contributed by atoms with Crippen molar-refractivity contribution in [3.63, 3.8) is 0 Å². The van der Waals surface area contributed by atoms with E-state index in [4.69, 9.17) is 5.73 Å². The van der Waals surface area contributed by atoms with Crippen LogP contribution in [0.25, 0.3) is 0 Å². The maximum Gasteiger partial charge on any atom is 0.282 e. The molecule has 1 amide bonds. The average Bonchev–Trinajstić information content (AvgIpc) is 1.88. The summed E-state index contributed by atoms with van der Waals surface area (Å²) in [5, 5.41) is 6.47. The lowest BCUT2D eigenvalue weighted by molar-refractivity contribution is 0.0993. The van der Waals surface area contributed by atoms with Crippen molar-refractivity contribution in [2.75, 3.05) is 0 Å². The van der Waals surface area contributed by atoms with Gasteiger partial charge in [-0.3, -0.25) is 9.59 Å². The first-order chi connectivity index (χ1) is 4.72. The third kappa shape index (κ3) is 0.993. The number of nitrogens with two attached hydrogens (primary N) is 1. The van der Waals surface area contributed by atoms with Crippen LogP contribution in [0.2, 0.25) is 0 Å². The van der Waals surface area contributed by atoms with E-state index in [1.54, 1.807) is 0 Å². The Morgan fingerprint density at radius 2 is 2.40 bits per heavy atom. The Balaban J connectivity index is 3.29. The molecule has 0 aromatic carbocycles. The highest BCUT2D eigenvalue weighted by Crippen LogP contribution is 1.73. The first-order valence-corrected chi connectivity index (χ1v) is 2.42. The molecule has 1 aromatic heterocycles. The van der Waals surface area contributed by atoms with E-state index in [0.29, 0.717) is 0 Å². The number of nitrogens with zero attached hydrogens (tertiary/aromatic N) is 2. The summed E-state index contributed by atoms with van der Waals surface area (Å²) in [6.45, 7) is 0. The van der Waals surface area contributed by atoms with Gasteiger partial charge in [0.05, 0.1) is 0 Å². The molecule has 0 radical (unpaired) electrons. The topological polar surface area (TPSA) is 102 Å². The summed E-state index contributed by atoms with van der Waals surface area (Å²) in [6.07, 6.45) is 1.08. The van der Waals surface area contributed by atoms with Gasteiger partial charge in [-0.05, 0) is 0 Å². The molecule has 0 spiro atoms. The molecular formula is C4H4N4O2. The van der Waals surface area contributed by atoms with Crippen LogP contribution in [0.4, 0.5) is 0 Å². The van der Waals surface area contributed by atoms with E-state index < -0.39 is 11.5 Å². The van der Waals surface area contributed by atoms with E-state index in [2.05, 4.69) is 15.2 Å².